The molecule has 170 valence electrons. The van der Waals surface area contributed by atoms with E-state index in [1.807, 2.05) is 0 Å². The van der Waals surface area contributed by atoms with Gasteiger partial charge in [-0.15, -0.1) is 0 Å². The second kappa shape index (κ2) is 28.4. The number of nitrogens with two attached hydrogens (primary N) is 1. The average Bonchev–Trinajstić information content (AvgIpc) is 2.70. The summed E-state index contributed by atoms with van der Waals surface area (Å²) in [5, 5.41) is 3.11. The minimum atomic E-state index is -0.0597. The molecule has 0 spiro atoms. The molecule has 0 aromatic heterocycles. The number of nitrogens with one attached hydrogen (secondary N) is 1. The quantitative estimate of drug-likeness (QED) is 0.151. The zero-order chi connectivity index (χ0) is 20.5. The summed E-state index contributed by atoms with van der Waals surface area (Å²) in [5.41, 5.74) is 5.38. The van der Waals surface area contributed by atoms with E-state index in [2.05, 4.69) is 12.2 Å². The summed E-state index contributed by atoms with van der Waals surface area (Å²) in [5.74, 6) is -0.0597. The van der Waals surface area contributed by atoms with E-state index in [0.29, 0.717) is 26.1 Å². The van der Waals surface area contributed by atoms with E-state index in [1.165, 1.54) is 96.3 Å². The van der Waals surface area contributed by atoms with Crippen LogP contribution in [0.25, 0.3) is 0 Å². The predicted molar refractivity (Wildman–Crippen MR) is 123 cm³/mol. The number of unbranched alkanes of at least 4 members (excludes halogenated alkanes) is 16. The third-order valence-corrected chi connectivity index (χ3v) is 5.35. The van der Waals surface area contributed by atoms with Gasteiger partial charge in [-0.25, -0.2) is 0 Å². The number of hydrogen-bond acceptors (Lipinski definition) is 4. The third kappa shape index (κ3) is 28.4. The maximum atomic E-state index is 11.6. The molecule has 0 bridgehead atoms. The minimum absolute atomic E-state index is 0. The Balaban J connectivity index is -0.00000364. The molecule has 0 radical (unpaired) electrons. The van der Waals surface area contributed by atoms with Crippen LogP contribution in [0.5, 0.6) is 0 Å². The molecule has 29 heavy (non-hydrogen) atoms. The molecule has 0 rings (SSSR count). The summed E-state index contributed by atoms with van der Waals surface area (Å²) in [6.45, 7) is 4.83. The molecule has 0 heterocycles. The van der Waals surface area contributed by atoms with Crippen molar-refractivity contribution in [1.82, 2.24) is 5.32 Å². The van der Waals surface area contributed by atoms with E-state index in [-0.39, 0.29) is 37.0 Å². The Labute approximate surface area is 205 Å². The van der Waals surface area contributed by atoms with Crippen LogP contribution in [0.2, 0.25) is 0 Å². The van der Waals surface area contributed by atoms with E-state index in [0.717, 1.165) is 19.4 Å². The van der Waals surface area contributed by atoms with Crippen molar-refractivity contribution in [1.29, 1.82) is 0 Å². The standard InChI is InChI=1S/C24H50N2O2.Na.H/c1-2-3-4-5-6-7-8-9-10-11-12-13-14-15-16-17-18-19-24(27)28-23-22-26-21-20-25;;/h26H,2-23,25H2,1H3;;/q;+1;-1. The number of carbonyl (C=O) groups is 1. The van der Waals surface area contributed by atoms with Crippen molar-refractivity contribution >= 4 is 5.97 Å². The predicted octanol–water partition coefficient (Wildman–Crippen LogP) is 3.24. The molecule has 0 aliphatic carbocycles. The second-order valence-corrected chi connectivity index (χ2v) is 8.17. The minimum Gasteiger partial charge on any atom is -1.00 e. The van der Waals surface area contributed by atoms with Crippen molar-refractivity contribution in [2.45, 2.75) is 122 Å². The van der Waals surface area contributed by atoms with Crippen LogP contribution in [0.1, 0.15) is 124 Å². The zero-order valence-electron chi connectivity index (χ0n) is 21.0. The normalized spacial score (nSPS) is 10.7. The summed E-state index contributed by atoms with van der Waals surface area (Å²) in [6, 6.07) is 0. The molecule has 0 unspecified atom stereocenters. The van der Waals surface area contributed by atoms with Crippen LogP contribution >= 0.6 is 0 Å². The van der Waals surface area contributed by atoms with Gasteiger partial charge < -0.3 is 17.2 Å². The van der Waals surface area contributed by atoms with Crippen LogP contribution in [0, 0.1) is 0 Å². The molecule has 0 fully saturated rings. The van der Waals surface area contributed by atoms with Gasteiger partial charge in [-0.05, 0) is 6.42 Å². The number of carbonyl (C=O) groups excluding carboxylic acids is 1. The van der Waals surface area contributed by atoms with Crippen molar-refractivity contribution in [2.75, 3.05) is 26.2 Å². The first-order valence-corrected chi connectivity index (χ1v) is 12.4. The van der Waals surface area contributed by atoms with E-state index in [4.69, 9.17) is 10.5 Å². The van der Waals surface area contributed by atoms with Crippen molar-refractivity contribution in [3.8, 4) is 0 Å². The van der Waals surface area contributed by atoms with Crippen molar-refractivity contribution in [3.05, 3.63) is 0 Å². The Bertz CT molecular complexity index is 324. The Hall–Kier alpha value is 0.390. The van der Waals surface area contributed by atoms with E-state index < -0.39 is 0 Å². The van der Waals surface area contributed by atoms with Gasteiger partial charge in [0.05, 0.1) is 0 Å². The number of hydrogen-bond donors (Lipinski definition) is 2. The SMILES string of the molecule is CCCCCCCCCCCCCCCCCCCC(=O)OCCNCCN.[H-].[Na+]. The van der Waals surface area contributed by atoms with Crippen LogP contribution in [-0.4, -0.2) is 32.2 Å². The van der Waals surface area contributed by atoms with Gasteiger partial charge in [0.2, 0.25) is 0 Å². The first kappa shape index (κ1) is 31.6. The molecule has 0 aliphatic heterocycles. The molecule has 5 heteroatoms. The fourth-order valence-electron chi connectivity index (χ4n) is 3.53. The van der Waals surface area contributed by atoms with Gasteiger partial charge in [0.1, 0.15) is 6.61 Å². The Morgan fingerprint density at radius 1 is 0.724 bits per heavy atom. The Morgan fingerprint density at radius 2 is 1.14 bits per heavy atom. The summed E-state index contributed by atoms with van der Waals surface area (Å²) in [7, 11) is 0. The van der Waals surface area contributed by atoms with Crippen LogP contribution in [0.15, 0.2) is 0 Å². The van der Waals surface area contributed by atoms with Crippen LogP contribution < -0.4 is 40.6 Å². The monoisotopic (exact) mass is 422 g/mol. The summed E-state index contributed by atoms with van der Waals surface area (Å²) in [4.78, 5) is 11.6. The molecule has 0 saturated heterocycles. The fraction of sp³-hybridized carbons (Fsp3) is 0.958. The smallest absolute Gasteiger partial charge is 1.00 e. The molecule has 0 aliphatic rings. The first-order chi connectivity index (χ1) is 13.8. The molecule has 0 aromatic rings. The average molecular weight is 423 g/mol. The Morgan fingerprint density at radius 3 is 1.55 bits per heavy atom. The van der Waals surface area contributed by atoms with Crippen LogP contribution in [0.3, 0.4) is 0 Å². The number of rotatable bonds is 23. The van der Waals surface area contributed by atoms with Gasteiger partial charge in [-0.3, -0.25) is 4.79 Å². The van der Waals surface area contributed by atoms with Gasteiger partial charge in [0, 0.05) is 26.1 Å². The maximum Gasteiger partial charge on any atom is 1.00 e. The molecular weight excluding hydrogens is 371 g/mol. The van der Waals surface area contributed by atoms with Gasteiger partial charge in [-0.1, -0.05) is 110 Å². The zero-order valence-corrected chi connectivity index (χ0v) is 22.0. The molecule has 0 aromatic carbocycles. The van der Waals surface area contributed by atoms with Gasteiger partial charge in [0.15, 0.2) is 0 Å². The molecule has 3 N–H and O–H groups in total. The summed E-state index contributed by atoms with van der Waals surface area (Å²) >= 11 is 0. The van der Waals surface area contributed by atoms with E-state index in [9.17, 15) is 4.79 Å². The Kier molecular flexibility index (Phi) is 30.9. The summed E-state index contributed by atoms with van der Waals surface area (Å²) in [6.07, 6.45) is 23.7. The third-order valence-electron chi connectivity index (χ3n) is 5.35. The number of esters is 1. The van der Waals surface area contributed by atoms with Crippen LogP contribution in [-0.2, 0) is 9.53 Å². The van der Waals surface area contributed by atoms with Crippen molar-refractivity contribution in [3.63, 3.8) is 0 Å². The van der Waals surface area contributed by atoms with Crippen LogP contribution in [0.4, 0.5) is 0 Å². The molecule has 0 atom stereocenters. The number of ether oxygens (including phenoxy) is 1. The summed E-state index contributed by atoms with van der Waals surface area (Å²) < 4.78 is 5.18. The van der Waals surface area contributed by atoms with Crippen molar-refractivity contribution in [2.24, 2.45) is 5.73 Å². The molecule has 4 nitrogen and oxygen atoms in total. The maximum absolute atomic E-state index is 11.6. The molecule has 0 amide bonds. The van der Waals surface area contributed by atoms with Gasteiger partial charge >= 0.3 is 35.5 Å². The molecular formula is C24H51N2NaO2. The van der Waals surface area contributed by atoms with Crippen molar-refractivity contribution < 1.29 is 40.5 Å². The van der Waals surface area contributed by atoms with Gasteiger partial charge in [-0.2, -0.15) is 0 Å². The van der Waals surface area contributed by atoms with Gasteiger partial charge in [0.25, 0.3) is 0 Å². The van der Waals surface area contributed by atoms with E-state index >= 15 is 0 Å². The topological polar surface area (TPSA) is 64.3 Å². The second-order valence-electron chi connectivity index (χ2n) is 8.17. The largest absolute Gasteiger partial charge is 1.00 e. The van der Waals surface area contributed by atoms with E-state index in [1.54, 1.807) is 0 Å². The fourth-order valence-corrected chi connectivity index (χ4v) is 3.53. The first-order valence-electron chi connectivity index (χ1n) is 12.4. The molecule has 0 saturated carbocycles.